The summed E-state index contributed by atoms with van der Waals surface area (Å²) in [6, 6.07) is 4.62. The standard InChI is InChI=1S/C20H30N4O5/c1-22(2)19(26)12-21-18-5-3-4-8-20(18)14-23(9-10-29-20)13-15-6-7-17(25)16(11-15)24(27)28/h6-7,11,18,21,25H,3-5,8-10,12-14H2,1-2H3/t18-,20-/m0/s1. The first-order valence-corrected chi connectivity index (χ1v) is 10.1. The maximum absolute atomic E-state index is 12.0. The number of nitrogens with one attached hydrogen (secondary N) is 1. The second kappa shape index (κ2) is 9.06. The minimum absolute atomic E-state index is 0.0368. The lowest BCUT2D eigenvalue weighted by atomic mass is 9.78. The molecular formula is C20H30N4O5. The van der Waals surface area contributed by atoms with E-state index in [1.807, 2.05) is 0 Å². The third-order valence-corrected chi connectivity index (χ3v) is 5.91. The van der Waals surface area contributed by atoms with Gasteiger partial charge >= 0.3 is 5.69 Å². The summed E-state index contributed by atoms with van der Waals surface area (Å²) >= 11 is 0. The molecule has 1 amide bonds. The molecule has 2 fully saturated rings. The van der Waals surface area contributed by atoms with Gasteiger partial charge in [-0.2, -0.15) is 0 Å². The largest absolute Gasteiger partial charge is 0.502 e. The maximum Gasteiger partial charge on any atom is 0.311 e. The molecule has 9 nitrogen and oxygen atoms in total. The number of amides is 1. The maximum atomic E-state index is 12.0. The Morgan fingerprint density at radius 2 is 2.24 bits per heavy atom. The third-order valence-electron chi connectivity index (χ3n) is 5.91. The van der Waals surface area contributed by atoms with Gasteiger partial charge in [-0.25, -0.2) is 0 Å². The molecule has 3 rings (SSSR count). The summed E-state index contributed by atoms with van der Waals surface area (Å²) in [5, 5.41) is 24.2. The lowest BCUT2D eigenvalue weighted by molar-refractivity contribution is -0.385. The molecule has 0 aromatic heterocycles. The second-order valence-corrected chi connectivity index (χ2v) is 8.17. The van der Waals surface area contributed by atoms with Crippen LogP contribution in [0.15, 0.2) is 18.2 Å². The molecule has 1 saturated heterocycles. The number of hydrogen-bond donors (Lipinski definition) is 2. The average molecular weight is 406 g/mol. The molecule has 1 saturated carbocycles. The summed E-state index contributed by atoms with van der Waals surface area (Å²) in [6.07, 6.45) is 4.06. The highest BCUT2D eigenvalue weighted by atomic mass is 16.6. The predicted molar refractivity (Wildman–Crippen MR) is 108 cm³/mol. The third kappa shape index (κ3) is 5.04. The van der Waals surface area contributed by atoms with Crippen LogP contribution >= 0.6 is 0 Å². The average Bonchev–Trinajstić information content (AvgIpc) is 2.68. The molecule has 1 aliphatic carbocycles. The summed E-state index contributed by atoms with van der Waals surface area (Å²) in [5.74, 6) is -0.283. The Morgan fingerprint density at radius 1 is 1.45 bits per heavy atom. The van der Waals surface area contributed by atoms with Crippen molar-refractivity contribution in [1.29, 1.82) is 0 Å². The molecule has 1 spiro atoms. The van der Waals surface area contributed by atoms with Crippen LogP contribution in [0, 0.1) is 10.1 Å². The highest BCUT2D eigenvalue weighted by Gasteiger charge is 2.45. The van der Waals surface area contributed by atoms with Crippen molar-refractivity contribution in [3.05, 3.63) is 33.9 Å². The molecule has 2 aliphatic rings. The zero-order valence-electron chi connectivity index (χ0n) is 17.1. The normalized spacial score (nSPS) is 25.1. The summed E-state index contributed by atoms with van der Waals surface area (Å²) in [7, 11) is 3.49. The first-order valence-electron chi connectivity index (χ1n) is 10.1. The van der Waals surface area contributed by atoms with Gasteiger partial charge in [-0.05, 0) is 24.5 Å². The Kier molecular flexibility index (Phi) is 6.71. The van der Waals surface area contributed by atoms with Gasteiger partial charge in [0.25, 0.3) is 0 Å². The van der Waals surface area contributed by atoms with Gasteiger partial charge in [0, 0.05) is 45.8 Å². The molecule has 0 bridgehead atoms. The number of aromatic hydroxyl groups is 1. The van der Waals surface area contributed by atoms with E-state index in [1.165, 1.54) is 12.1 Å². The molecule has 0 radical (unpaired) electrons. The number of ether oxygens (including phenoxy) is 1. The van der Waals surface area contributed by atoms with E-state index in [2.05, 4.69) is 10.2 Å². The fourth-order valence-corrected chi connectivity index (χ4v) is 4.32. The lowest BCUT2D eigenvalue weighted by Crippen LogP contribution is -2.63. The number of benzene rings is 1. The summed E-state index contributed by atoms with van der Waals surface area (Å²) < 4.78 is 6.28. The van der Waals surface area contributed by atoms with Crippen molar-refractivity contribution in [2.45, 2.75) is 43.9 Å². The zero-order valence-corrected chi connectivity index (χ0v) is 17.1. The van der Waals surface area contributed by atoms with Gasteiger partial charge in [-0.3, -0.25) is 19.8 Å². The van der Waals surface area contributed by atoms with Crippen molar-refractivity contribution in [2.24, 2.45) is 0 Å². The number of likely N-dealkylation sites (N-methyl/N-ethyl adjacent to an activating group) is 1. The van der Waals surface area contributed by atoms with Crippen LogP contribution in [0.4, 0.5) is 5.69 Å². The monoisotopic (exact) mass is 406 g/mol. The van der Waals surface area contributed by atoms with Gasteiger partial charge in [0.1, 0.15) is 0 Å². The topological polar surface area (TPSA) is 108 Å². The first kappa shape index (κ1) is 21.5. The Bertz CT molecular complexity index is 752. The first-order chi connectivity index (χ1) is 13.8. The SMILES string of the molecule is CN(C)C(=O)CN[C@H]1CCCC[C@]12CN(Cc1ccc(O)c([N+](=O)[O-])c1)CCO2. The number of phenols is 1. The van der Waals surface area contributed by atoms with E-state index in [-0.39, 0.29) is 35.5 Å². The number of hydrogen-bond acceptors (Lipinski definition) is 7. The minimum Gasteiger partial charge on any atom is -0.502 e. The van der Waals surface area contributed by atoms with Crippen molar-refractivity contribution in [3.63, 3.8) is 0 Å². The van der Waals surface area contributed by atoms with Gasteiger partial charge in [0.15, 0.2) is 5.75 Å². The van der Waals surface area contributed by atoms with Crippen molar-refractivity contribution < 1.29 is 19.6 Å². The number of morpholine rings is 1. The smallest absolute Gasteiger partial charge is 0.311 e. The van der Waals surface area contributed by atoms with Crippen LogP contribution in [0.2, 0.25) is 0 Å². The van der Waals surface area contributed by atoms with E-state index in [0.717, 1.165) is 37.8 Å². The highest BCUT2D eigenvalue weighted by molar-refractivity contribution is 5.77. The van der Waals surface area contributed by atoms with E-state index < -0.39 is 4.92 Å². The Labute approximate surface area is 170 Å². The van der Waals surface area contributed by atoms with Gasteiger partial charge in [-0.1, -0.05) is 18.9 Å². The summed E-state index contributed by atoms with van der Waals surface area (Å²) in [4.78, 5) is 26.4. The van der Waals surface area contributed by atoms with Gasteiger partial charge in [0.2, 0.25) is 5.91 Å². The quantitative estimate of drug-likeness (QED) is 0.544. The van der Waals surface area contributed by atoms with Crippen molar-refractivity contribution in [1.82, 2.24) is 15.1 Å². The van der Waals surface area contributed by atoms with Crippen molar-refractivity contribution >= 4 is 11.6 Å². The number of rotatable bonds is 6. The lowest BCUT2D eigenvalue weighted by Gasteiger charge is -2.50. The number of carbonyl (C=O) groups is 1. The van der Waals surface area contributed by atoms with Crippen LogP contribution in [0.5, 0.6) is 5.75 Å². The Balaban J connectivity index is 1.70. The molecule has 2 atom stereocenters. The summed E-state index contributed by atoms with van der Waals surface area (Å²) in [6.45, 7) is 2.86. The molecule has 2 N–H and O–H groups in total. The molecule has 29 heavy (non-hydrogen) atoms. The number of nitrogens with zero attached hydrogens (tertiary/aromatic N) is 3. The molecule has 1 aliphatic heterocycles. The van der Waals surface area contributed by atoms with Crippen LogP contribution in [-0.2, 0) is 16.1 Å². The number of nitro benzene ring substituents is 1. The van der Waals surface area contributed by atoms with Gasteiger partial charge in [-0.15, -0.1) is 0 Å². The molecule has 1 aromatic rings. The van der Waals surface area contributed by atoms with E-state index in [4.69, 9.17) is 4.74 Å². The zero-order chi connectivity index (χ0) is 21.0. The van der Waals surface area contributed by atoms with Crippen molar-refractivity contribution in [3.8, 4) is 5.75 Å². The predicted octanol–water partition coefficient (Wildman–Crippen LogP) is 1.49. The van der Waals surface area contributed by atoms with Crippen molar-refractivity contribution in [2.75, 3.05) is 40.3 Å². The Morgan fingerprint density at radius 3 is 2.97 bits per heavy atom. The van der Waals surface area contributed by atoms with Crippen LogP contribution in [0.1, 0.15) is 31.2 Å². The second-order valence-electron chi connectivity index (χ2n) is 8.17. The van der Waals surface area contributed by atoms with E-state index >= 15 is 0 Å². The molecular weight excluding hydrogens is 376 g/mol. The van der Waals surface area contributed by atoms with E-state index in [9.17, 15) is 20.0 Å². The minimum atomic E-state index is -0.567. The van der Waals surface area contributed by atoms with Crippen LogP contribution in [-0.4, -0.2) is 77.7 Å². The molecule has 1 heterocycles. The molecule has 0 unspecified atom stereocenters. The fourth-order valence-electron chi connectivity index (χ4n) is 4.32. The Hall–Kier alpha value is -2.23. The molecule has 160 valence electrons. The van der Waals surface area contributed by atoms with E-state index in [0.29, 0.717) is 19.7 Å². The molecule has 9 heteroatoms. The number of nitro groups is 1. The van der Waals surface area contributed by atoms with Crippen LogP contribution in [0.25, 0.3) is 0 Å². The van der Waals surface area contributed by atoms with E-state index in [1.54, 1.807) is 25.1 Å². The fraction of sp³-hybridized carbons (Fsp3) is 0.650. The van der Waals surface area contributed by atoms with Gasteiger partial charge in [0.05, 0.1) is 23.7 Å². The number of phenolic OH excluding ortho intramolecular Hbond substituents is 1. The molecule has 1 aromatic carbocycles. The highest BCUT2D eigenvalue weighted by Crippen LogP contribution is 2.36. The van der Waals surface area contributed by atoms with Gasteiger partial charge < -0.3 is 20.1 Å². The van der Waals surface area contributed by atoms with Crippen LogP contribution < -0.4 is 5.32 Å². The number of carbonyl (C=O) groups excluding carboxylic acids is 1. The van der Waals surface area contributed by atoms with Crippen LogP contribution in [0.3, 0.4) is 0 Å². The summed E-state index contributed by atoms with van der Waals surface area (Å²) in [5.41, 5.74) is 0.158.